The third-order valence-corrected chi connectivity index (χ3v) is 3.62. The second kappa shape index (κ2) is 6.68. The number of alkyl halides is 3. The zero-order valence-corrected chi connectivity index (χ0v) is 13.4. The van der Waals surface area contributed by atoms with Crippen molar-refractivity contribution in [1.29, 1.82) is 0 Å². The second-order valence-electron chi connectivity index (χ2n) is 5.72. The predicted octanol–water partition coefficient (Wildman–Crippen LogP) is 4.11. The Morgan fingerprint density at radius 3 is 2.56 bits per heavy atom. The number of benzene rings is 2. The molecule has 1 atom stereocenters. The number of rotatable bonds is 4. The van der Waals surface area contributed by atoms with Gasteiger partial charge in [0.1, 0.15) is 0 Å². The van der Waals surface area contributed by atoms with Gasteiger partial charge in [-0.25, -0.2) is 9.97 Å². The highest BCUT2D eigenvalue weighted by Crippen LogP contribution is 2.33. The molecule has 0 fully saturated rings. The van der Waals surface area contributed by atoms with Crippen LogP contribution in [0.4, 0.5) is 19.1 Å². The number of aromatic nitrogens is 2. The summed E-state index contributed by atoms with van der Waals surface area (Å²) in [5.74, 6) is 0.256. The minimum Gasteiger partial charge on any atom is -0.392 e. The molecule has 0 spiro atoms. The molecule has 25 heavy (non-hydrogen) atoms. The number of nitrogens with zero attached hydrogens (tertiary/aromatic N) is 2. The first-order valence-corrected chi connectivity index (χ1v) is 7.71. The van der Waals surface area contributed by atoms with E-state index < -0.39 is 17.8 Å². The molecule has 4 nitrogen and oxygen atoms in total. The fraction of sp³-hybridized carbons (Fsp3) is 0.222. The summed E-state index contributed by atoms with van der Waals surface area (Å²) < 4.78 is 39.0. The van der Waals surface area contributed by atoms with Gasteiger partial charge < -0.3 is 10.4 Å². The average Bonchev–Trinajstić information content (AvgIpc) is 2.58. The van der Waals surface area contributed by atoms with Gasteiger partial charge in [-0.3, -0.25) is 0 Å². The average molecular weight is 347 g/mol. The number of halogens is 3. The van der Waals surface area contributed by atoms with E-state index in [1.807, 2.05) is 0 Å². The van der Waals surface area contributed by atoms with E-state index in [0.29, 0.717) is 22.2 Å². The van der Waals surface area contributed by atoms with Crippen LogP contribution in [0.25, 0.3) is 22.2 Å². The number of hydrogen-bond donors (Lipinski definition) is 2. The molecule has 0 saturated carbocycles. The first-order chi connectivity index (χ1) is 11.8. The van der Waals surface area contributed by atoms with Gasteiger partial charge in [-0.05, 0) is 25.1 Å². The lowest BCUT2D eigenvalue weighted by Crippen LogP contribution is -2.17. The third kappa shape index (κ3) is 3.88. The fourth-order valence-corrected chi connectivity index (χ4v) is 2.46. The van der Waals surface area contributed by atoms with Gasteiger partial charge >= 0.3 is 6.18 Å². The third-order valence-electron chi connectivity index (χ3n) is 3.62. The Kier molecular flexibility index (Phi) is 4.59. The smallest absolute Gasteiger partial charge is 0.392 e. The normalized spacial score (nSPS) is 13.0. The van der Waals surface area contributed by atoms with Crippen LogP contribution in [0.15, 0.2) is 48.5 Å². The maximum atomic E-state index is 13.0. The molecule has 7 heteroatoms. The van der Waals surface area contributed by atoms with E-state index in [9.17, 15) is 18.3 Å². The summed E-state index contributed by atoms with van der Waals surface area (Å²) in [4.78, 5) is 8.71. The van der Waals surface area contributed by atoms with Crippen LogP contribution in [0.1, 0.15) is 12.5 Å². The number of aliphatic hydroxyl groups excluding tert-OH is 1. The van der Waals surface area contributed by atoms with Gasteiger partial charge in [-0.15, -0.1) is 0 Å². The number of fused-ring (bicyclic) bond motifs is 1. The van der Waals surface area contributed by atoms with Crippen molar-refractivity contribution in [3.8, 4) is 11.3 Å². The standard InChI is InChI=1S/C18H16F3N3O/c1-11(25)10-22-17-23-15-8-3-2-7-14(15)16(24-17)12-5-4-6-13(9-12)18(19,20)21/h2-9,11,25H,10H2,1H3,(H,22,23,24)/t11-/m0/s1. The quantitative estimate of drug-likeness (QED) is 0.746. The van der Waals surface area contributed by atoms with Crippen molar-refractivity contribution < 1.29 is 18.3 Å². The molecule has 0 aliphatic rings. The first kappa shape index (κ1) is 17.2. The Balaban J connectivity index is 2.14. The molecule has 0 unspecified atom stereocenters. The van der Waals surface area contributed by atoms with Crippen LogP contribution in [0, 0.1) is 0 Å². The number of para-hydroxylation sites is 1. The molecular weight excluding hydrogens is 331 g/mol. The van der Waals surface area contributed by atoms with Crippen molar-refractivity contribution in [2.75, 3.05) is 11.9 Å². The van der Waals surface area contributed by atoms with Gasteiger partial charge in [0, 0.05) is 17.5 Å². The Labute approximate surface area is 142 Å². The Morgan fingerprint density at radius 2 is 1.84 bits per heavy atom. The summed E-state index contributed by atoms with van der Waals surface area (Å²) in [5, 5.41) is 12.9. The van der Waals surface area contributed by atoms with Gasteiger partial charge in [-0.2, -0.15) is 13.2 Å². The highest BCUT2D eigenvalue weighted by atomic mass is 19.4. The molecule has 1 heterocycles. The topological polar surface area (TPSA) is 58.0 Å². The van der Waals surface area contributed by atoms with E-state index in [-0.39, 0.29) is 12.5 Å². The number of anilines is 1. The molecule has 0 saturated heterocycles. The monoisotopic (exact) mass is 347 g/mol. The Bertz CT molecular complexity index is 894. The summed E-state index contributed by atoms with van der Waals surface area (Å²) in [6, 6.07) is 12.2. The molecule has 0 aliphatic heterocycles. The van der Waals surface area contributed by atoms with Crippen LogP contribution in [-0.2, 0) is 6.18 Å². The van der Waals surface area contributed by atoms with Gasteiger partial charge in [-0.1, -0.05) is 30.3 Å². The molecule has 0 bridgehead atoms. The number of hydrogen-bond acceptors (Lipinski definition) is 4. The van der Waals surface area contributed by atoms with E-state index in [2.05, 4.69) is 15.3 Å². The molecule has 130 valence electrons. The summed E-state index contributed by atoms with van der Waals surface area (Å²) in [6.45, 7) is 1.85. The lowest BCUT2D eigenvalue weighted by molar-refractivity contribution is -0.137. The van der Waals surface area contributed by atoms with Gasteiger partial charge in [0.05, 0.1) is 22.9 Å². The minimum absolute atomic E-state index is 0.236. The van der Waals surface area contributed by atoms with Crippen molar-refractivity contribution in [2.45, 2.75) is 19.2 Å². The number of aliphatic hydroxyl groups is 1. The van der Waals surface area contributed by atoms with Crippen molar-refractivity contribution in [2.24, 2.45) is 0 Å². The van der Waals surface area contributed by atoms with Crippen LogP contribution in [0.5, 0.6) is 0 Å². The molecule has 0 radical (unpaired) electrons. The fourth-order valence-electron chi connectivity index (χ4n) is 2.46. The molecule has 0 amide bonds. The summed E-state index contributed by atoms with van der Waals surface area (Å²) in [5.41, 5.74) is 0.641. The van der Waals surface area contributed by atoms with Crippen molar-refractivity contribution >= 4 is 16.9 Å². The van der Waals surface area contributed by atoms with Crippen LogP contribution in [0.2, 0.25) is 0 Å². The maximum Gasteiger partial charge on any atom is 0.416 e. The van der Waals surface area contributed by atoms with Crippen LogP contribution >= 0.6 is 0 Å². The molecule has 2 N–H and O–H groups in total. The first-order valence-electron chi connectivity index (χ1n) is 7.71. The van der Waals surface area contributed by atoms with Crippen LogP contribution < -0.4 is 5.32 Å². The molecule has 3 rings (SSSR count). The number of nitrogens with one attached hydrogen (secondary N) is 1. The highest BCUT2D eigenvalue weighted by Gasteiger charge is 2.30. The maximum absolute atomic E-state index is 13.0. The van der Waals surface area contributed by atoms with E-state index >= 15 is 0 Å². The lowest BCUT2D eigenvalue weighted by Gasteiger charge is -2.13. The van der Waals surface area contributed by atoms with E-state index in [1.54, 1.807) is 37.3 Å². The molecular formula is C18H16F3N3O. The van der Waals surface area contributed by atoms with Crippen LogP contribution in [-0.4, -0.2) is 27.7 Å². The van der Waals surface area contributed by atoms with Gasteiger partial charge in [0.2, 0.25) is 5.95 Å². The van der Waals surface area contributed by atoms with E-state index in [4.69, 9.17) is 0 Å². The van der Waals surface area contributed by atoms with Gasteiger partial charge in [0.25, 0.3) is 0 Å². The lowest BCUT2D eigenvalue weighted by atomic mass is 10.0. The second-order valence-corrected chi connectivity index (χ2v) is 5.72. The predicted molar refractivity (Wildman–Crippen MR) is 90.1 cm³/mol. The van der Waals surface area contributed by atoms with Crippen LogP contribution in [0.3, 0.4) is 0 Å². The van der Waals surface area contributed by atoms with Gasteiger partial charge in [0.15, 0.2) is 0 Å². The van der Waals surface area contributed by atoms with E-state index in [0.717, 1.165) is 12.1 Å². The zero-order valence-electron chi connectivity index (χ0n) is 13.4. The summed E-state index contributed by atoms with van der Waals surface area (Å²) in [6.07, 6.45) is -5.03. The van der Waals surface area contributed by atoms with Crippen molar-refractivity contribution in [1.82, 2.24) is 9.97 Å². The van der Waals surface area contributed by atoms with Crippen molar-refractivity contribution in [3.63, 3.8) is 0 Å². The van der Waals surface area contributed by atoms with E-state index in [1.165, 1.54) is 6.07 Å². The summed E-state index contributed by atoms with van der Waals surface area (Å²) >= 11 is 0. The molecule has 3 aromatic rings. The molecule has 2 aromatic carbocycles. The SMILES string of the molecule is C[C@H](O)CNc1nc(-c2cccc(C(F)(F)F)c2)c2ccccc2n1. The minimum atomic E-state index is -4.42. The summed E-state index contributed by atoms with van der Waals surface area (Å²) in [7, 11) is 0. The molecule has 0 aliphatic carbocycles. The molecule has 1 aromatic heterocycles. The van der Waals surface area contributed by atoms with Crippen molar-refractivity contribution in [3.05, 3.63) is 54.1 Å². The zero-order chi connectivity index (χ0) is 18.0. The highest BCUT2D eigenvalue weighted by molar-refractivity contribution is 5.93. The largest absolute Gasteiger partial charge is 0.416 e. The Morgan fingerprint density at radius 1 is 1.08 bits per heavy atom. The Hall–Kier alpha value is -2.67.